The minimum atomic E-state index is 0.196. The van der Waals surface area contributed by atoms with Gasteiger partial charge >= 0.3 is 0 Å². The van der Waals surface area contributed by atoms with Crippen molar-refractivity contribution in [2.45, 2.75) is 33.2 Å². The lowest BCUT2D eigenvalue weighted by Crippen LogP contribution is -2.09. The summed E-state index contributed by atoms with van der Waals surface area (Å²) in [5.41, 5.74) is 0. The Hall–Kier alpha value is -1.40. The fourth-order valence-corrected chi connectivity index (χ4v) is 2.68. The van der Waals surface area contributed by atoms with E-state index in [-0.39, 0.29) is 5.28 Å². The van der Waals surface area contributed by atoms with E-state index in [1.165, 1.54) is 9.75 Å². The third-order valence-electron chi connectivity index (χ3n) is 2.63. The number of hydrogen-bond acceptors (Lipinski definition) is 6. The van der Waals surface area contributed by atoms with Gasteiger partial charge in [0.25, 0.3) is 0 Å². The molecule has 2 aromatic rings. The van der Waals surface area contributed by atoms with Crippen molar-refractivity contribution in [3.63, 3.8) is 0 Å². The van der Waals surface area contributed by atoms with E-state index in [1.54, 1.807) is 11.3 Å². The molecule has 0 aliphatic carbocycles. The second kappa shape index (κ2) is 7.40. The molecule has 0 saturated heterocycles. The van der Waals surface area contributed by atoms with Crippen LogP contribution in [-0.2, 0) is 13.0 Å². The molecule has 2 aromatic heterocycles. The molecule has 2 rings (SSSR count). The topological polar surface area (TPSA) is 62.7 Å². The molecule has 0 radical (unpaired) electrons. The average Bonchev–Trinajstić information content (AvgIpc) is 2.90. The summed E-state index contributed by atoms with van der Waals surface area (Å²) >= 11 is 7.69. The van der Waals surface area contributed by atoms with Crippen molar-refractivity contribution in [1.29, 1.82) is 0 Å². The van der Waals surface area contributed by atoms with Gasteiger partial charge in [-0.2, -0.15) is 15.0 Å². The van der Waals surface area contributed by atoms with Crippen LogP contribution in [0.1, 0.15) is 30.0 Å². The molecule has 0 fully saturated rings. The van der Waals surface area contributed by atoms with E-state index in [0.717, 1.165) is 19.4 Å². The van der Waals surface area contributed by atoms with Crippen LogP contribution in [0.15, 0.2) is 12.1 Å². The first-order valence-electron chi connectivity index (χ1n) is 6.68. The van der Waals surface area contributed by atoms with E-state index in [2.05, 4.69) is 51.6 Å². The first-order chi connectivity index (χ1) is 9.71. The number of nitrogens with one attached hydrogen (secondary N) is 2. The first kappa shape index (κ1) is 15.0. The monoisotopic (exact) mass is 311 g/mol. The maximum absolute atomic E-state index is 5.90. The highest BCUT2D eigenvalue weighted by molar-refractivity contribution is 7.12. The van der Waals surface area contributed by atoms with Crippen LogP contribution in [0.3, 0.4) is 0 Å². The third kappa shape index (κ3) is 4.31. The van der Waals surface area contributed by atoms with Crippen molar-refractivity contribution in [1.82, 2.24) is 15.0 Å². The van der Waals surface area contributed by atoms with Crippen molar-refractivity contribution < 1.29 is 0 Å². The van der Waals surface area contributed by atoms with Crippen molar-refractivity contribution in [2.24, 2.45) is 0 Å². The average molecular weight is 312 g/mol. The Bertz CT molecular complexity index is 557. The number of rotatable bonds is 7. The van der Waals surface area contributed by atoms with Gasteiger partial charge in [0.15, 0.2) is 0 Å². The van der Waals surface area contributed by atoms with Crippen LogP contribution in [0.4, 0.5) is 11.9 Å². The van der Waals surface area contributed by atoms with Gasteiger partial charge in [0, 0.05) is 16.3 Å². The molecule has 0 spiro atoms. The quantitative estimate of drug-likeness (QED) is 0.818. The molecule has 5 nitrogen and oxygen atoms in total. The third-order valence-corrected chi connectivity index (χ3v) is 4.03. The predicted octanol–water partition coefficient (Wildman–Crippen LogP) is 3.58. The summed E-state index contributed by atoms with van der Waals surface area (Å²) < 4.78 is 0. The molecule has 0 aliphatic rings. The van der Waals surface area contributed by atoms with E-state index in [9.17, 15) is 0 Å². The molecule has 2 N–H and O–H groups in total. The highest BCUT2D eigenvalue weighted by Gasteiger charge is 2.05. The summed E-state index contributed by atoms with van der Waals surface area (Å²) in [5, 5.41) is 6.48. The van der Waals surface area contributed by atoms with Crippen LogP contribution in [0.2, 0.25) is 5.28 Å². The zero-order valence-corrected chi connectivity index (χ0v) is 13.2. The lowest BCUT2D eigenvalue weighted by Gasteiger charge is -2.07. The first-order valence-corrected chi connectivity index (χ1v) is 7.87. The van der Waals surface area contributed by atoms with E-state index in [4.69, 9.17) is 11.6 Å². The van der Waals surface area contributed by atoms with Gasteiger partial charge in [0.2, 0.25) is 17.2 Å². The molecule has 2 heterocycles. The van der Waals surface area contributed by atoms with Gasteiger partial charge in [0.1, 0.15) is 0 Å². The fourth-order valence-electron chi connectivity index (χ4n) is 1.62. The van der Waals surface area contributed by atoms with Gasteiger partial charge in [-0.1, -0.05) is 13.8 Å². The molecule has 0 amide bonds. The van der Waals surface area contributed by atoms with E-state index in [1.807, 2.05) is 0 Å². The Morgan fingerprint density at radius 2 is 1.75 bits per heavy atom. The number of anilines is 2. The maximum Gasteiger partial charge on any atom is 0.229 e. The van der Waals surface area contributed by atoms with E-state index < -0.39 is 0 Å². The van der Waals surface area contributed by atoms with Crippen LogP contribution < -0.4 is 10.6 Å². The lowest BCUT2D eigenvalue weighted by molar-refractivity contribution is 0.934. The summed E-state index contributed by atoms with van der Waals surface area (Å²) in [7, 11) is 0. The van der Waals surface area contributed by atoms with Crippen molar-refractivity contribution in [3.8, 4) is 0 Å². The molecule has 0 saturated carbocycles. The van der Waals surface area contributed by atoms with Gasteiger partial charge < -0.3 is 10.6 Å². The fraction of sp³-hybridized carbons (Fsp3) is 0.462. The predicted molar refractivity (Wildman–Crippen MR) is 84.6 cm³/mol. The van der Waals surface area contributed by atoms with Gasteiger partial charge in [-0.25, -0.2) is 0 Å². The van der Waals surface area contributed by atoms with Gasteiger partial charge in [-0.15, -0.1) is 11.3 Å². The molecular formula is C13H18ClN5S. The lowest BCUT2D eigenvalue weighted by atomic mass is 10.4. The Labute approximate surface area is 127 Å². The van der Waals surface area contributed by atoms with Gasteiger partial charge in [0.05, 0.1) is 6.54 Å². The molecule has 20 heavy (non-hydrogen) atoms. The van der Waals surface area contributed by atoms with Crippen LogP contribution >= 0.6 is 22.9 Å². The number of thiophene rings is 1. The largest absolute Gasteiger partial charge is 0.354 e. The maximum atomic E-state index is 5.90. The van der Waals surface area contributed by atoms with Crippen molar-refractivity contribution in [2.75, 3.05) is 17.2 Å². The molecule has 108 valence electrons. The minimum absolute atomic E-state index is 0.196. The van der Waals surface area contributed by atoms with Crippen LogP contribution in [0, 0.1) is 0 Å². The zero-order valence-electron chi connectivity index (χ0n) is 11.6. The van der Waals surface area contributed by atoms with E-state index >= 15 is 0 Å². The molecule has 0 unspecified atom stereocenters. The number of aryl methyl sites for hydroxylation is 1. The summed E-state index contributed by atoms with van der Waals surface area (Å²) in [6.07, 6.45) is 2.06. The molecular weight excluding hydrogens is 294 g/mol. The molecule has 0 aromatic carbocycles. The van der Waals surface area contributed by atoms with Crippen molar-refractivity contribution in [3.05, 3.63) is 27.2 Å². The smallest absolute Gasteiger partial charge is 0.229 e. The molecule has 0 aliphatic heterocycles. The molecule has 0 atom stereocenters. The van der Waals surface area contributed by atoms with Gasteiger partial charge in [-0.3, -0.25) is 0 Å². The highest BCUT2D eigenvalue weighted by Crippen LogP contribution is 2.18. The highest BCUT2D eigenvalue weighted by atomic mass is 35.5. The van der Waals surface area contributed by atoms with Crippen LogP contribution in [-0.4, -0.2) is 21.5 Å². The van der Waals surface area contributed by atoms with Gasteiger partial charge in [-0.05, 0) is 36.6 Å². The van der Waals surface area contributed by atoms with E-state index in [0.29, 0.717) is 18.4 Å². The normalized spacial score (nSPS) is 10.6. The molecule has 0 bridgehead atoms. The van der Waals surface area contributed by atoms with Crippen molar-refractivity contribution >= 4 is 34.8 Å². The molecule has 7 heteroatoms. The SMILES string of the molecule is CCCNc1nc(Cl)nc(NCc2ccc(CC)s2)n1. The number of aromatic nitrogens is 3. The second-order valence-corrected chi connectivity index (χ2v) is 5.84. The summed E-state index contributed by atoms with van der Waals surface area (Å²) in [4.78, 5) is 15.0. The Kier molecular flexibility index (Phi) is 5.55. The Morgan fingerprint density at radius 1 is 1.05 bits per heavy atom. The van der Waals surface area contributed by atoms with Crippen LogP contribution in [0.25, 0.3) is 0 Å². The second-order valence-electron chi connectivity index (χ2n) is 4.25. The minimum Gasteiger partial charge on any atom is -0.354 e. The van der Waals surface area contributed by atoms with Crippen LogP contribution in [0.5, 0.6) is 0 Å². The number of hydrogen-bond donors (Lipinski definition) is 2. The Balaban J connectivity index is 1.99. The number of nitrogens with zero attached hydrogens (tertiary/aromatic N) is 3. The summed E-state index contributed by atoms with van der Waals surface area (Å²) in [6, 6.07) is 4.27. The zero-order chi connectivity index (χ0) is 14.4. The Morgan fingerprint density at radius 3 is 2.40 bits per heavy atom. The summed E-state index contributed by atoms with van der Waals surface area (Å²) in [5.74, 6) is 1.00. The number of halogens is 1. The standard InChI is InChI=1S/C13H18ClN5S/c1-3-7-15-12-17-11(14)18-13(19-12)16-8-10-6-5-9(4-2)20-10/h5-6H,3-4,7-8H2,1-2H3,(H2,15,16,17,18,19). The summed E-state index contributed by atoms with van der Waals surface area (Å²) in [6.45, 7) is 5.74.